The second-order valence-corrected chi connectivity index (χ2v) is 7.41. The summed E-state index contributed by atoms with van der Waals surface area (Å²) in [5.41, 5.74) is 3.27. The lowest BCUT2D eigenvalue weighted by molar-refractivity contribution is -1.02. The zero-order chi connectivity index (χ0) is 19.1. The van der Waals surface area contributed by atoms with E-state index in [-0.39, 0.29) is 5.91 Å². The number of amides is 1. The molecule has 27 heavy (non-hydrogen) atoms. The summed E-state index contributed by atoms with van der Waals surface area (Å²) in [7, 11) is 1.63. The lowest BCUT2D eigenvalue weighted by atomic mass is 10.2. The van der Waals surface area contributed by atoms with Crippen molar-refractivity contribution in [3.8, 4) is 5.75 Å². The molecular formula is C22H31N3O2+2. The number of carbonyl (C=O) groups excluding carboxylic acids is 1. The lowest BCUT2D eigenvalue weighted by Crippen LogP contribution is -3.27. The van der Waals surface area contributed by atoms with Crippen LogP contribution in [-0.4, -0.2) is 45.7 Å². The molecule has 0 radical (unpaired) electrons. The van der Waals surface area contributed by atoms with E-state index in [1.807, 2.05) is 25.1 Å². The Kier molecular flexibility index (Phi) is 6.85. The highest BCUT2D eigenvalue weighted by molar-refractivity contribution is 5.92. The average molecular weight is 370 g/mol. The van der Waals surface area contributed by atoms with Crippen LogP contribution in [0.25, 0.3) is 0 Å². The number of benzene rings is 2. The van der Waals surface area contributed by atoms with Gasteiger partial charge >= 0.3 is 0 Å². The van der Waals surface area contributed by atoms with Gasteiger partial charge in [0.1, 0.15) is 38.5 Å². The largest absolute Gasteiger partial charge is 0.495 e. The quantitative estimate of drug-likeness (QED) is 0.658. The minimum Gasteiger partial charge on any atom is -0.495 e. The van der Waals surface area contributed by atoms with E-state index in [1.165, 1.54) is 10.5 Å². The summed E-state index contributed by atoms with van der Waals surface area (Å²) < 4.78 is 5.33. The van der Waals surface area contributed by atoms with Crippen LogP contribution >= 0.6 is 0 Å². The summed E-state index contributed by atoms with van der Waals surface area (Å²) >= 11 is 0. The summed E-state index contributed by atoms with van der Waals surface area (Å²) in [5, 5.41) is 3.00. The third-order valence-electron chi connectivity index (χ3n) is 5.30. The molecule has 1 saturated heterocycles. The first-order valence-electron chi connectivity index (χ1n) is 9.79. The Hall–Kier alpha value is -2.37. The van der Waals surface area contributed by atoms with Crippen LogP contribution in [0, 0.1) is 6.92 Å². The first-order chi connectivity index (χ1) is 13.1. The Labute approximate surface area is 161 Å². The van der Waals surface area contributed by atoms with Crippen molar-refractivity contribution in [1.29, 1.82) is 0 Å². The second kappa shape index (κ2) is 9.53. The zero-order valence-corrected chi connectivity index (χ0v) is 16.4. The second-order valence-electron chi connectivity index (χ2n) is 7.41. The molecule has 1 fully saturated rings. The van der Waals surface area contributed by atoms with Crippen molar-refractivity contribution < 1.29 is 19.3 Å². The Morgan fingerprint density at radius 1 is 1.04 bits per heavy atom. The molecule has 3 rings (SSSR count). The molecule has 1 amide bonds. The number of quaternary nitrogens is 2. The van der Waals surface area contributed by atoms with Crippen LogP contribution in [0.15, 0.2) is 48.5 Å². The summed E-state index contributed by atoms with van der Waals surface area (Å²) in [6.45, 7) is 8.58. The van der Waals surface area contributed by atoms with Crippen LogP contribution in [-0.2, 0) is 11.3 Å². The molecule has 0 spiro atoms. The van der Waals surface area contributed by atoms with Gasteiger partial charge in [0.25, 0.3) is 0 Å². The summed E-state index contributed by atoms with van der Waals surface area (Å²) in [5.74, 6) is 0.768. The molecule has 0 bridgehead atoms. The molecule has 0 atom stereocenters. The molecule has 5 heteroatoms. The first-order valence-corrected chi connectivity index (χ1v) is 9.79. The van der Waals surface area contributed by atoms with Crippen LogP contribution in [0.5, 0.6) is 5.75 Å². The topological polar surface area (TPSA) is 47.2 Å². The van der Waals surface area contributed by atoms with Crippen molar-refractivity contribution >= 4 is 11.6 Å². The van der Waals surface area contributed by atoms with E-state index in [9.17, 15) is 4.79 Å². The fourth-order valence-corrected chi connectivity index (χ4v) is 3.69. The van der Waals surface area contributed by atoms with Crippen molar-refractivity contribution in [2.24, 2.45) is 0 Å². The number of carbonyl (C=O) groups is 1. The summed E-state index contributed by atoms with van der Waals surface area (Å²) in [6.07, 6.45) is 0.542. The number of rotatable bonds is 7. The molecule has 144 valence electrons. The van der Waals surface area contributed by atoms with Crippen molar-refractivity contribution in [2.45, 2.75) is 19.9 Å². The van der Waals surface area contributed by atoms with Crippen molar-refractivity contribution in [3.05, 3.63) is 59.7 Å². The van der Waals surface area contributed by atoms with Crippen LogP contribution in [0.1, 0.15) is 17.5 Å². The molecular weight excluding hydrogens is 338 g/mol. The molecule has 2 aromatic carbocycles. The van der Waals surface area contributed by atoms with E-state index in [1.54, 1.807) is 12.0 Å². The number of ether oxygens (including phenoxy) is 1. The molecule has 2 aromatic rings. The molecule has 1 aliphatic heterocycles. The minimum atomic E-state index is 0.0606. The van der Waals surface area contributed by atoms with Gasteiger partial charge in [0.15, 0.2) is 0 Å². The van der Waals surface area contributed by atoms with Gasteiger partial charge in [-0.3, -0.25) is 4.79 Å². The fourth-order valence-electron chi connectivity index (χ4n) is 3.69. The molecule has 1 heterocycles. The van der Waals surface area contributed by atoms with E-state index in [2.05, 4.69) is 35.6 Å². The van der Waals surface area contributed by atoms with E-state index in [0.29, 0.717) is 12.2 Å². The van der Waals surface area contributed by atoms with Gasteiger partial charge < -0.3 is 19.9 Å². The predicted octanol–water partition coefficient (Wildman–Crippen LogP) is 0.316. The van der Waals surface area contributed by atoms with E-state index >= 15 is 0 Å². The summed E-state index contributed by atoms with van der Waals surface area (Å²) in [4.78, 5) is 15.5. The van der Waals surface area contributed by atoms with E-state index < -0.39 is 0 Å². The van der Waals surface area contributed by atoms with E-state index in [4.69, 9.17) is 4.74 Å². The first kappa shape index (κ1) is 19.4. The third kappa shape index (κ3) is 5.81. The molecule has 0 unspecified atom stereocenters. The van der Waals surface area contributed by atoms with Gasteiger partial charge in [0, 0.05) is 5.56 Å². The van der Waals surface area contributed by atoms with Crippen LogP contribution in [0.4, 0.5) is 5.69 Å². The molecule has 5 nitrogen and oxygen atoms in total. The Morgan fingerprint density at radius 2 is 1.74 bits per heavy atom. The van der Waals surface area contributed by atoms with Gasteiger partial charge in [-0.15, -0.1) is 0 Å². The average Bonchev–Trinajstić information content (AvgIpc) is 2.68. The van der Waals surface area contributed by atoms with Gasteiger partial charge in [-0.25, -0.2) is 0 Å². The number of nitrogens with one attached hydrogen (secondary N) is 3. The summed E-state index contributed by atoms with van der Waals surface area (Å²) in [6, 6.07) is 16.5. The Balaban J connectivity index is 1.41. The molecule has 1 aliphatic rings. The maximum absolute atomic E-state index is 12.4. The number of aryl methyl sites for hydroxylation is 1. The third-order valence-corrected chi connectivity index (χ3v) is 5.30. The fraction of sp³-hybridized carbons (Fsp3) is 0.409. The van der Waals surface area contributed by atoms with Crippen LogP contribution < -0.4 is 19.9 Å². The molecule has 0 aromatic heterocycles. The molecule has 0 aliphatic carbocycles. The highest BCUT2D eigenvalue weighted by Gasteiger charge is 2.23. The SMILES string of the molecule is COc1ccc(C)cc1NC(=O)CC[NH+]1CC[NH+](Cc2ccccc2)CC1. The number of hydrogen-bond acceptors (Lipinski definition) is 2. The maximum Gasteiger partial charge on any atom is 0.230 e. The van der Waals surface area contributed by atoms with Gasteiger partial charge in [-0.05, 0) is 24.6 Å². The van der Waals surface area contributed by atoms with Crippen molar-refractivity contribution in [3.63, 3.8) is 0 Å². The number of anilines is 1. The smallest absolute Gasteiger partial charge is 0.230 e. The van der Waals surface area contributed by atoms with Crippen LogP contribution in [0.2, 0.25) is 0 Å². The standard InChI is InChI=1S/C22H29N3O2/c1-18-8-9-21(27-2)20(16-18)23-22(26)10-11-24-12-14-25(15-13-24)17-19-6-4-3-5-7-19/h3-9,16H,10-15,17H2,1-2H3,(H,23,26)/p+2. The lowest BCUT2D eigenvalue weighted by Gasteiger charge is -2.29. The Bertz CT molecular complexity index is 740. The zero-order valence-electron chi connectivity index (χ0n) is 16.4. The highest BCUT2D eigenvalue weighted by Crippen LogP contribution is 2.25. The highest BCUT2D eigenvalue weighted by atomic mass is 16.5. The van der Waals surface area contributed by atoms with E-state index in [0.717, 1.165) is 50.5 Å². The number of piperazine rings is 1. The minimum absolute atomic E-state index is 0.0606. The normalized spacial score (nSPS) is 19.5. The predicted molar refractivity (Wildman–Crippen MR) is 107 cm³/mol. The Morgan fingerprint density at radius 3 is 2.44 bits per heavy atom. The van der Waals surface area contributed by atoms with Crippen molar-refractivity contribution in [1.82, 2.24) is 0 Å². The van der Waals surface area contributed by atoms with Gasteiger partial charge in [-0.1, -0.05) is 36.4 Å². The van der Waals surface area contributed by atoms with Gasteiger partial charge in [0.2, 0.25) is 5.91 Å². The molecule has 3 N–H and O–H groups in total. The maximum atomic E-state index is 12.4. The number of methoxy groups -OCH3 is 1. The monoisotopic (exact) mass is 369 g/mol. The van der Waals surface area contributed by atoms with Gasteiger partial charge in [-0.2, -0.15) is 0 Å². The number of hydrogen-bond donors (Lipinski definition) is 3. The van der Waals surface area contributed by atoms with Crippen LogP contribution in [0.3, 0.4) is 0 Å². The van der Waals surface area contributed by atoms with Gasteiger partial charge in [0.05, 0.1) is 25.8 Å². The van der Waals surface area contributed by atoms with Crippen molar-refractivity contribution in [2.75, 3.05) is 45.2 Å². The molecule has 0 saturated carbocycles.